The van der Waals surface area contributed by atoms with Gasteiger partial charge in [0.15, 0.2) is 9.84 Å². The monoisotopic (exact) mass is 564 g/mol. The van der Waals surface area contributed by atoms with Crippen molar-refractivity contribution in [1.29, 1.82) is 0 Å². The molecule has 0 saturated heterocycles. The van der Waals surface area contributed by atoms with E-state index in [1.165, 1.54) is 12.3 Å². The molecule has 0 spiro atoms. The first-order chi connectivity index (χ1) is 19.0. The number of carboxylic acid groups (broad SMARTS) is 1. The Morgan fingerprint density at radius 2 is 1.73 bits per heavy atom. The lowest BCUT2D eigenvalue weighted by Gasteiger charge is -2.20. The predicted molar refractivity (Wildman–Crippen MR) is 150 cm³/mol. The van der Waals surface area contributed by atoms with Crippen LogP contribution in [0.25, 0.3) is 11.1 Å². The number of aryl methyl sites for hydroxylation is 2. The smallest absolute Gasteiger partial charge is 0.307 e. The molecule has 6 rings (SSSR count). The Balaban J connectivity index is 1.22. The van der Waals surface area contributed by atoms with Crippen molar-refractivity contribution in [2.24, 2.45) is 5.92 Å². The summed E-state index contributed by atoms with van der Waals surface area (Å²) >= 11 is 0. The largest absolute Gasteiger partial charge is 0.492 e. The maximum Gasteiger partial charge on any atom is 0.307 e. The van der Waals surface area contributed by atoms with Crippen molar-refractivity contribution >= 4 is 15.8 Å². The Morgan fingerprint density at radius 1 is 1.05 bits per heavy atom. The molecular weight excluding hydrogens is 531 g/mol. The van der Waals surface area contributed by atoms with Crippen molar-refractivity contribution in [3.8, 4) is 22.6 Å². The minimum Gasteiger partial charge on any atom is -0.492 e. The zero-order valence-corrected chi connectivity index (χ0v) is 23.7. The minimum atomic E-state index is -3.17. The minimum absolute atomic E-state index is 0.0523. The Morgan fingerprint density at radius 3 is 2.30 bits per heavy atom. The standard InChI is InChI=1S/C32H33FO6S/c1-18-14-22(38-17-32(12-13-32)40(3,36)37)15-19(2)29(18)23-8-10-27(33)30-24(23)9-11-28(30)39-21-6-4-20(5-7-21)25-16-26(25)31(34)35/h4-8,10,14-15,25-26,28H,9,11-13,16-17H2,1-3H3,(H,34,35)/t25-,26+,28-/m1/s1. The molecule has 0 amide bonds. The van der Waals surface area contributed by atoms with Gasteiger partial charge in [-0.2, -0.15) is 0 Å². The maximum atomic E-state index is 15.2. The van der Waals surface area contributed by atoms with Gasteiger partial charge >= 0.3 is 5.97 Å². The van der Waals surface area contributed by atoms with Crippen LogP contribution >= 0.6 is 0 Å². The molecule has 8 heteroatoms. The lowest BCUT2D eigenvalue weighted by molar-refractivity contribution is -0.138. The quantitative estimate of drug-likeness (QED) is 0.327. The molecule has 3 aromatic carbocycles. The summed E-state index contributed by atoms with van der Waals surface area (Å²) in [4.78, 5) is 11.2. The molecule has 1 N–H and O–H groups in total. The summed E-state index contributed by atoms with van der Waals surface area (Å²) < 4.78 is 50.9. The number of hydrogen-bond acceptors (Lipinski definition) is 5. The van der Waals surface area contributed by atoms with Crippen LogP contribution in [0.5, 0.6) is 11.5 Å². The number of rotatable bonds is 9. The van der Waals surface area contributed by atoms with E-state index in [4.69, 9.17) is 9.47 Å². The number of hydrogen-bond donors (Lipinski definition) is 1. The van der Waals surface area contributed by atoms with Gasteiger partial charge in [0.05, 0.1) is 5.92 Å². The molecule has 0 bridgehead atoms. The third-order valence-electron chi connectivity index (χ3n) is 8.85. The molecule has 0 radical (unpaired) electrons. The van der Waals surface area contributed by atoms with Gasteiger partial charge in [-0.15, -0.1) is 0 Å². The molecule has 0 aliphatic heterocycles. The highest BCUT2D eigenvalue weighted by Crippen LogP contribution is 2.48. The van der Waals surface area contributed by atoms with Crippen LogP contribution in [0.1, 0.15) is 65.5 Å². The van der Waals surface area contributed by atoms with Gasteiger partial charge in [-0.05, 0) is 116 Å². The van der Waals surface area contributed by atoms with Gasteiger partial charge in [-0.25, -0.2) is 12.8 Å². The molecule has 0 aromatic heterocycles. The second-order valence-corrected chi connectivity index (χ2v) is 14.1. The molecule has 2 fully saturated rings. The second-order valence-electron chi connectivity index (χ2n) is 11.7. The molecule has 3 aliphatic carbocycles. The van der Waals surface area contributed by atoms with Gasteiger partial charge in [0, 0.05) is 11.8 Å². The average Bonchev–Trinajstić information content (AvgIpc) is 3.81. The fourth-order valence-corrected chi connectivity index (χ4v) is 7.34. The molecule has 3 aromatic rings. The van der Waals surface area contributed by atoms with Gasteiger partial charge in [0.1, 0.15) is 34.8 Å². The summed E-state index contributed by atoms with van der Waals surface area (Å²) in [7, 11) is -3.17. The van der Waals surface area contributed by atoms with Crippen LogP contribution in [0.3, 0.4) is 0 Å². The van der Waals surface area contributed by atoms with E-state index < -0.39 is 26.7 Å². The fraction of sp³-hybridized carbons (Fsp3) is 0.406. The maximum absolute atomic E-state index is 15.2. The van der Waals surface area contributed by atoms with Crippen LogP contribution in [0, 0.1) is 25.6 Å². The number of sulfone groups is 1. The van der Waals surface area contributed by atoms with Crippen molar-refractivity contribution in [1.82, 2.24) is 0 Å². The first-order valence-corrected chi connectivity index (χ1v) is 15.6. The van der Waals surface area contributed by atoms with Crippen LogP contribution in [0.2, 0.25) is 0 Å². The topological polar surface area (TPSA) is 89.9 Å². The zero-order chi connectivity index (χ0) is 28.4. The summed E-state index contributed by atoms with van der Waals surface area (Å²) in [6, 6.07) is 14.7. The van der Waals surface area contributed by atoms with Gasteiger partial charge < -0.3 is 14.6 Å². The number of halogens is 1. The van der Waals surface area contributed by atoms with Crippen molar-refractivity contribution < 1.29 is 32.2 Å². The van der Waals surface area contributed by atoms with Crippen molar-refractivity contribution in [3.05, 3.63) is 82.2 Å². The normalized spacial score (nSPS) is 22.4. The van der Waals surface area contributed by atoms with E-state index in [1.807, 2.05) is 56.3 Å². The van der Waals surface area contributed by atoms with Gasteiger partial charge in [-0.3, -0.25) is 4.79 Å². The zero-order valence-electron chi connectivity index (χ0n) is 22.9. The van der Waals surface area contributed by atoms with Crippen LogP contribution in [-0.4, -0.2) is 37.1 Å². The number of carboxylic acids is 1. The van der Waals surface area contributed by atoms with E-state index in [0.29, 0.717) is 49.2 Å². The molecule has 0 heterocycles. The first kappa shape index (κ1) is 26.8. The third kappa shape index (κ3) is 4.76. The van der Waals surface area contributed by atoms with E-state index in [9.17, 15) is 18.3 Å². The van der Waals surface area contributed by atoms with Crippen LogP contribution < -0.4 is 9.47 Å². The molecule has 2 saturated carbocycles. The van der Waals surface area contributed by atoms with Gasteiger partial charge in [0.2, 0.25) is 0 Å². The van der Waals surface area contributed by atoms with E-state index in [2.05, 4.69) is 0 Å². The SMILES string of the molecule is Cc1cc(OCC2(S(C)(=O)=O)CC2)cc(C)c1-c1ccc(F)c2c1CC[C@H]2Oc1ccc([C@H]2C[C@@H]2C(=O)O)cc1. The number of fused-ring (bicyclic) bond motifs is 1. The molecule has 3 atom stereocenters. The molecule has 40 heavy (non-hydrogen) atoms. The summed E-state index contributed by atoms with van der Waals surface area (Å²) in [5.41, 5.74) is 6.47. The van der Waals surface area contributed by atoms with Gasteiger partial charge in [-0.1, -0.05) is 18.2 Å². The van der Waals surface area contributed by atoms with E-state index >= 15 is 4.39 Å². The lowest BCUT2D eigenvalue weighted by atomic mass is 9.90. The average molecular weight is 565 g/mol. The highest BCUT2D eigenvalue weighted by Gasteiger charge is 2.53. The highest BCUT2D eigenvalue weighted by molar-refractivity contribution is 7.92. The summed E-state index contributed by atoms with van der Waals surface area (Å²) in [5, 5.41) is 9.20. The van der Waals surface area contributed by atoms with Crippen LogP contribution in [-0.2, 0) is 21.1 Å². The molecule has 3 aliphatic rings. The molecule has 0 unspecified atom stereocenters. The number of carbonyl (C=O) groups is 1. The Labute approximate surface area is 234 Å². The van der Waals surface area contributed by atoms with Crippen molar-refractivity contribution in [3.63, 3.8) is 0 Å². The van der Waals surface area contributed by atoms with Crippen LogP contribution in [0.4, 0.5) is 4.39 Å². The lowest BCUT2D eigenvalue weighted by Crippen LogP contribution is -2.29. The predicted octanol–water partition coefficient (Wildman–Crippen LogP) is 6.32. The third-order valence-corrected chi connectivity index (χ3v) is 10.9. The Hall–Kier alpha value is -3.39. The highest BCUT2D eigenvalue weighted by atomic mass is 32.2. The Bertz CT molecular complexity index is 1580. The van der Waals surface area contributed by atoms with Crippen molar-refractivity contribution in [2.75, 3.05) is 12.9 Å². The summed E-state index contributed by atoms with van der Waals surface area (Å²) in [6.45, 7) is 4.14. The fourth-order valence-electron chi connectivity index (χ4n) is 6.23. The molecular formula is C32H33FO6S. The Kier molecular flexibility index (Phi) is 6.44. The summed E-state index contributed by atoms with van der Waals surface area (Å²) in [6.07, 6.45) is 4.11. The van der Waals surface area contributed by atoms with Gasteiger partial charge in [0.25, 0.3) is 0 Å². The summed E-state index contributed by atoms with van der Waals surface area (Å²) in [5.74, 6) is -0.0306. The van der Waals surface area contributed by atoms with E-state index in [1.54, 1.807) is 0 Å². The van der Waals surface area contributed by atoms with Crippen molar-refractivity contribution in [2.45, 2.75) is 62.7 Å². The number of benzene rings is 3. The second kappa shape index (κ2) is 9.61. The molecule has 210 valence electrons. The first-order valence-electron chi connectivity index (χ1n) is 13.7. The van der Waals surface area contributed by atoms with E-state index in [-0.39, 0.29) is 24.3 Å². The number of aliphatic carboxylic acids is 1. The number of ether oxygens (including phenoxy) is 2. The molecule has 6 nitrogen and oxygen atoms in total. The van der Waals surface area contributed by atoms with Crippen LogP contribution in [0.15, 0.2) is 48.5 Å². The van der Waals surface area contributed by atoms with E-state index in [0.717, 1.165) is 33.4 Å².